The number of nitrogens with one attached hydrogen (secondary N) is 1. The van der Waals surface area contributed by atoms with E-state index in [2.05, 4.69) is 52.4 Å². The van der Waals surface area contributed by atoms with E-state index in [0.29, 0.717) is 0 Å². The molecule has 0 aliphatic carbocycles. The van der Waals surface area contributed by atoms with E-state index in [1.807, 2.05) is 24.3 Å². The molecule has 0 aromatic heterocycles. The van der Waals surface area contributed by atoms with Crippen LogP contribution in [0.4, 0.5) is 0 Å². The summed E-state index contributed by atoms with van der Waals surface area (Å²) in [6, 6.07) is 16.7. The Morgan fingerprint density at radius 3 is 2.50 bits per heavy atom. The molecule has 0 bridgehead atoms. The van der Waals surface area contributed by atoms with E-state index < -0.39 is 0 Å². The highest BCUT2D eigenvalue weighted by molar-refractivity contribution is 9.10. The predicted octanol–water partition coefficient (Wildman–Crippen LogP) is 5.39. The number of halogens is 2. The summed E-state index contributed by atoms with van der Waals surface area (Å²) in [6.45, 7) is 3.18. The van der Waals surface area contributed by atoms with Crippen LogP contribution in [-0.4, -0.2) is 6.54 Å². The van der Waals surface area contributed by atoms with Gasteiger partial charge in [-0.3, -0.25) is 0 Å². The molecule has 0 saturated heterocycles. The quantitative estimate of drug-likeness (QED) is 0.735. The third-order valence-corrected chi connectivity index (χ3v) is 4.39. The van der Waals surface area contributed by atoms with Gasteiger partial charge in [0.2, 0.25) is 0 Å². The molecule has 106 valence electrons. The predicted molar refractivity (Wildman–Crippen MR) is 90.3 cm³/mol. The highest BCUT2D eigenvalue weighted by Gasteiger charge is 2.15. The van der Waals surface area contributed by atoms with E-state index in [4.69, 9.17) is 11.6 Å². The van der Waals surface area contributed by atoms with Gasteiger partial charge in [-0.1, -0.05) is 70.9 Å². The van der Waals surface area contributed by atoms with Crippen LogP contribution in [-0.2, 0) is 6.42 Å². The topological polar surface area (TPSA) is 12.0 Å². The Bertz CT molecular complexity index is 556. The molecule has 0 radical (unpaired) electrons. The van der Waals surface area contributed by atoms with Crippen molar-refractivity contribution < 1.29 is 0 Å². The van der Waals surface area contributed by atoms with Crippen molar-refractivity contribution in [2.75, 3.05) is 6.54 Å². The van der Waals surface area contributed by atoms with E-state index in [-0.39, 0.29) is 6.04 Å². The van der Waals surface area contributed by atoms with Gasteiger partial charge in [0.25, 0.3) is 0 Å². The van der Waals surface area contributed by atoms with Gasteiger partial charge >= 0.3 is 0 Å². The van der Waals surface area contributed by atoms with Crippen molar-refractivity contribution in [3.05, 3.63) is 69.2 Å². The Labute approximate surface area is 134 Å². The third-order valence-electron chi connectivity index (χ3n) is 3.30. The van der Waals surface area contributed by atoms with Gasteiger partial charge in [0.1, 0.15) is 0 Å². The molecule has 0 saturated carbocycles. The fourth-order valence-electron chi connectivity index (χ4n) is 2.25. The largest absolute Gasteiger partial charge is 0.310 e. The molecule has 20 heavy (non-hydrogen) atoms. The molecule has 0 amide bonds. The first-order chi connectivity index (χ1) is 9.72. The van der Waals surface area contributed by atoms with Crippen LogP contribution in [0.15, 0.2) is 53.0 Å². The average molecular weight is 353 g/mol. The maximum absolute atomic E-state index is 6.29. The molecule has 1 unspecified atom stereocenters. The summed E-state index contributed by atoms with van der Waals surface area (Å²) in [4.78, 5) is 0. The van der Waals surface area contributed by atoms with Gasteiger partial charge in [0.05, 0.1) is 0 Å². The van der Waals surface area contributed by atoms with Gasteiger partial charge in [-0.2, -0.15) is 0 Å². The third kappa shape index (κ3) is 4.08. The summed E-state index contributed by atoms with van der Waals surface area (Å²) in [6.07, 6.45) is 2.01. The monoisotopic (exact) mass is 351 g/mol. The van der Waals surface area contributed by atoms with Gasteiger partial charge in [-0.25, -0.2) is 0 Å². The molecular weight excluding hydrogens is 334 g/mol. The first-order valence-corrected chi connectivity index (χ1v) is 8.10. The van der Waals surface area contributed by atoms with Gasteiger partial charge in [-0.05, 0) is 42.6 Å². The van der Waals surface area contributed by atoms with Crippen molar-refractivity contribution in [3.8, 4) is 0 Å². The lowest BCUT2D eigenvalue weighted by Crippen LogP contribution is -2.24. The lowest BCUT2D eigenvalue weighted by molar-refractivity contribution is 0.527. The summed E-state index contributed by atoms with van der Waals surface area (Å²) in [5.74, 6) is 0. The molecule has 0 spiro atoms. The molecule has 0 aliphatic heterocycles. The molecule has 1 nitrogen and oxygen atoms in total. The van der Waals surface area contributed by atoms with Crippen LogP contribution in [0.1, 0.15) is 30.5 Å². The number of hydrogen-bond acceptors (Lipinski definition) is 1. The first kappa shape index (κ1) is 15.6. The second-order valence-corrected chi connectivity index (χ2v) is 6.09. The average Bonchev–Trinajstić information content (AvgIpc) is 2.46. The minimum Gasteiger partial charge on any atom is -0.310 e. The maximum atomic E-state index is 6.29. The first-order valence-electron chi connectivity index (χ1n) is 6.93. The highest BCUT2D eigenvalue weighted by Crippen LogP contribution is 2.28. The molecule has 0 heterocycles. The number of benzene rings is 2. The summed E-state index contributed by atoms with van der Waals surface area (Å²) in [5.41, 5.74) is 2.46. The highest BCUT2D eigenvalue weighted by atomic mass is 79.9. The second kappa shape index (κ2) is 7.82. The van der Waals surface area contributed by atoms with Gasteiger partial charge in [-0.15, -0.1) is 0 Å². The van der Waals surface area contributed by atoms with E-state index in [1.165, 1.54) is 11.1 Å². The van der Waals surface area contributed by atoms with E-state index >= 15 is 0 Å². The van der Waals surface area contributed by atoms with Crippen LogP contribution in [0.5, 0.6) is 0 Å². The Hall–Kier alpha value is -0.830. The van der Waals surface area contributed by atoms with Crippen LogP contribution < -0.4 is 5.32 Å². The molecule has 1 atom stereocenters. The molecule has 1 N–H and O–H groups in total. The Kier molecular flexibility index (Phi) is 6.08. The fourth-order valence-corrected chi connectivity index (χ4v) is 3.03. The Morgan fingerprint density at radius 1 is 1.10 bits per heavy atom. The van der Waals surface area contributed by atoms with Crippen LogP contribution in [0.3, 0.4) is 0 Å². The zero-order chi connectivity index (χ0) is 14.4. The summed E-state index contributed by atoms with van der Waals surface area (Å²) >= 11 is 9.94. The zero-order valence-electron chi connectivity index (χ0n) is 11.6. The number of hydrogen-bond donors (Lipinski definition) is 1. The number of rotatable bonds is 6. The van der Waals surface area contributed by atoms with Gasteiger partial charge in [0, 0.05) is 15.5 Å². The molecule has 0 aliphatic rings. The normalized spacial score (nSPS) is 12.3. The SMILES string of the molecule is CCCNC(Cc1ccccc1Cl)c1ccccc1Br. The van der Waals surface area contributed by atoms with Gasteiger partial charge < -0.3 is 5.32 Å². The van der Waals surface area contributed by atoms with Crippen LogP contribution in [0, 0.1) is 0 Å². The van der Waals surface area contributed by atoms with E-state index in [1.54, 1.807) is 0 Å². The fraction of sp³-hybridized carbons (Fsp3) is 0.294. The van der Waals surface area contributed by atoms with Gasteiger partial charge in [0.15, 0.2) is 0 Å². The molecular formula is C17H19BrClN. The molecule has 3 heteroatoms. The van der Waals surface area contributed by atoms with Crippen molar-refractivity contribution in [1.29, 1.82) is 0 Å². The second-order valence-electron chi connectivity index (χ2n) is 4.82. The molecule has 2 rings (SSSR count). The standard InChI is InChI=1S/C17H19BrClN/c1-2-11-20-17(14-8-4-5-9-15(14)18)12-13-7-3-6-10-16(13)19/h3-10,17,20H,2,11-12H2,1H3. The maximum Gasteiger partial charge on any atom is 0.0438 e. The summed E-state index contributed by atoms with van der Waals surface area (Å²) in [7, 11) is 0. The molecule has 2 aromatic carbocycles. The lowest BCUT2D eigenvalue weighted by Gasteiger charge is -2.21. The van der Waals surface area contributed by atoms with Crippen LogP contribution in [0.2, 0.25) is 5.02 Å². The van der Waals surface area contributed by atoms with Crippen molar-refractivity contribution in [3.63, 3.8) is 0 Å². The molecule has 0 fully saturated rings. The van der Waals surface area contributed by atoms with Crippen molar-refractivity contribution in [2.24, 2.45) is 0 Å². The smallest absolute Gasteiger partial charge is 0.0438 e. The summed E-state index contributed by atoms with van der Waals surface area (Å²) in [5, 5.41) is 4.45. The zero-order valence-corrected chi connectivity index (χ0v) is 13.9. The van der Waals surface area contributed by atoms with Crippen LogP contribution in [0.25, 0.3) is 0 Å². The van der Waals surface area contributed by atoms with Crippen molar-refractivity contribution in [2.45, 2.75) is 25.8 Å². The van der Waals surface area contributed by atoms with Crippen molar-refractivity contribution >= 4 is 27.5 Å². The van der Waals surface area contributed by atoms with Crippen LogP contribution >= 0.6 is 27.5 Å². The van der Waals surface area contributed by atoms with E-state index in [9.17, 15) is 0 Å². The van der Waals surface area contributed by atoms with E-state index in [0.717, 1.165) is 28.9 Å². The summed E-state index contributed by atoms with van der Waals surface area (Å²) < 4.78 is 1.14. The molecule has 2 aromatic rings. The minimum atomic E-state index is 0.269. The minimum absolute atomic E-state index is 0.269. The Morgan fingerprint density at radius 2 is 1.80 bits per heavy atom. The Balaban J connectivity index is 2.24. The van der Waals surface area contributed by atoms with Crippen molar-refractivity contribution in [1.82, 2.24) is 5.32 Å². The lowest BCUT2D eigenvalue weighted by atomic mass is 9.98.